The molecule has 86 valence electrons. The van der Waals surface area contributed by atoms with Gasteiger partial charge >= 0.3 is 0 Å². The molecule has 0 saturated heterocycles. The second-order valence-corrected chi connectivity index (χ2v) is 4.19. The molecule has 2 N–H and O–H groups in total. The number of primary amides is 1. The van der Waals surface area contributed by atoms with Crippen LogP contribution in [-0.4, -0.2) is 5.91 Å². The van der Waals surface area contributed by atoms with E-state index in [2.05, 4.69) is 12.6 Å². The number of fused-ring (bicyclic) bond motifs is 1. The van der Waals surface area contributed by atoms with Crippen molar-refractivity contribution in [1.29, 1.82) is 0 Å². The summed E-state index contributed by atoms with van der Waals surface area (Å²) in [6.07, 6.45) is 1.82. The van der Waals surface area contributed by atoms with E-state index in [9.17, 15) is 4.79 Å². The molecule has 0 aliphatic heterocycles. The van der Waals surface area contributed by atoms with Gasteiger partial charge in [-0.2, -0.15) is 0 Å². The lowest BCUT2D eigenvalue weighted by Gasteiger charge is -2.09. The van der Waals surface area contributed by atoms with Crippen LogP contribution in [0.4, 0.5) is 0 Å². The van der Waals surface area contributed by atoms with E-state index < -0.39 is 0 Å². The molecule has 0 aromatic heterocycles. The summed E-state index contributed by atoms with van der Waals surface area (Å²) < 4.78 is 0. The molecule has 2 rings (SSSR count). The second-order valence-electron chi connectivity index (χ2n) is 4.19. The third kappa shape index (κ3) is 2.21. The van der Waals surface area contributed by atoms with E-state index in [-0.39, 0.29) is 11.8 Å². The fraction of sp³-hybridized carbons (Fsp3) is 0.133. The highest BCUT2D eigenvalue weighted by Crippen LogP contribution is 2.22. The molecule has 2 aromatic carbocycles. The van der Waals surface area contributed by atoms with Crippen LogP contribution in [0.5, 0.6) is 0 Å². The first-order valence-corrected chi connectivity index (χ1v) is 5.57. The van der Waals surface area contributed by atoms with Crippen molar-refractivity contribution in [2.75, 3.05) is 0 Å². The Morgan fingerprint density at radius 3 is 2.53 bits per heavy atom. The van der Waals surface area contributed by atoms with Gasteiger partial charge in [-0.25, -0.2) is 0 Å². The van der Waals surface area contributed by atoms with Gasteiger partial charge in [0.1, 0.15) is 0 Å². The first kappa shape index (κ1) is 11.4. The van der Waals surface area contributed by atoms with Gasteiger partial charge in [-0.3, -0.25) is 4.79 Å². The fourth-order valence-electron chi connectivity index (χ4n) is 1.84. The van der Waals surface area contributed by atoms with Crippen LogP contribution >= 0.6 is 0 Å². The Bertz CT molecular complexity index is 586. The van der Waals surface area contributed by atoms with Crippen LogP contribution in [0.25, 0.3) is 16.8 Å². The van der Waals surface area contributed by atoms with Gasteiger partial charge in [0, 0.05) is 0 Å². The molecule has 1 amide bonds. The molecule has 0 fully saturated rings. The number of hydrogen-bond donors (Lipinski definition) is 1. The third-order valence-corrected chi connectivity index (χ3v) is 3.05. The highest BCUT2D eigenvalue weighted by atomic mass is 16.1. The van der Waals surface area contributed by atoms with Crippen molar-refractivity contribution >= 4 is 22.8 Å². The smallest absolute Gasteiger partial charge is 0.224 e. The first-order valence-electron chi connectivity index (χ1n) is 5.57. The molecule has 0 spiro atoms. The van der Waals surface area contributed by atoms with Crippen LogP contribution in [0.3, 0.4) is 0 Å². The molecule has 0 heterocycles. The average molecular weight is 225 g/mol. The summed E-state index contributed by atoms with van der Waals surface area (Å²) in [6, 6.07) is 12.1. The van der Waals surface area contributed by atoms with E-state index in [1.807, 2.05) is 43.3 Å². The minimum atomic E-state index is -0.299. The Hall–Kier alpha value is -2.09. The average Bonchev–Trinajstić information content (AvgIpc) is 2.36. The molecule has 2 nitrogen and oxygen atoms in total. The lowest BCUT2D eigenvalue weighted by Crippen LogP contribution is -2.18. The zero-order valence-electron chi connectivity index (χ0n) is 9.81. The maximum atomic E-state index is 11.1. The second kappa shape index (κ2) is 4.42. The summed E-state index contributed by atoms with van der Waals surface area (Å²) in [5, 5.41) is 2.25. The number of carbonyl (C=O) groups excluding carboxylic acids is 1. The fourth-order valence-corrected chi connectivity index (χ4v) is 1.84. The highest BCUT2D eigenvalue weighted by molar-refractivity contribution is 5.88. The Balaban J connectivity index is 2.51. The zero-order valence-corrected chi connectivity index (χ0v) is 9.81. The molecular formula is C15H15NO. The Morgan fingerprint density at radius 1 is 1.24 bits per heavy atom. The molecule has 0 aliphatic rings. The molecular weight excluding hydrogens is 210 g/mol. The standard InChI is InChI=1S/C15H15NO/c1-3-11-4-5-14-9-12(10(2)15(16)17)6-7-13(14)8-11/h3-10H,1H2,2H3,(H2,16,17). The summed E-state index contributed by atoms with van der Waals surface area (Å²) >= 11 is 0. The van der Waals surface area contributed by atoms with Gasteiger partial charge in [0.05, 0.1) is 5.92 Å². The van der Waals surface area contributed by atoms with E-state index in [4.69, 9.17) is 5.73 Å². The molecule has 0 radical (unpaired) electrons. The van der Waals surface area contributed by atoms with Gasteiger partial charge in [0.15, 0.2) is 0 Å². The number of amides is 1. The normalized spacial score (nSPS) is 12.3. The Kier molecular flexibility index (Phi) is 2.96. The minimum absolute atomic E-state index is 0.251. The van der Waals surface area contributed by atoms with Gasteiger partial charge in [-0.05, 0) is 34.9 Å². The van der Waals surface area contributed by atoms with Gasteiger partial charge in [-0.1, -0.05) is 43.0 Å². The number of rotatable bonds is 3. The molecule has 1 unspecified atom stereocenters. The van der Waals surface area contributed by atoms with Crippen LogP contribution in [0.1, 0.15) is 24.0 Å². The first-order chi connectivity index (χ1) is 8.11. The molecule has 0 bridgehead atoms. The SMILES string of the molecule is C=Cc1ccc2cc(C(C)C(N)=O)ccc2c1. The van der Waals surface area contributed by atoms with Crippen molar-refractivity contribution in [3.05, 3.63) is 54.1 Å². The highest BCUT2D eigenvalue weighted by Gasteiger charge is 2.11. The van der Waals surface area contributed by atoms with E-state index in [0.29, 0.717) is 0 Å². The topological polar surface area (TPSA) is 43.1 Å². The molecule has 2 aromatic rings. The van der Waals surface area contributed by atoms with Crippen LogP contribution in [0, 0.1) is 0 Å². The summed E-state index contributed by atoms with van der Waals surface area (Å²) in [6.45, 7) is 5.57. The molecule has 17 heavy (non-hydrogen) atoms. The summed E-state index contributed by atoms with van der Waals surface area (Å²) in [4.78, 5) is 11.1. The quantitative estimate of drug-likeness (QED) is 0.857. The van der Waals surface area contributed by atoms with Crippen molar-refractivity contribution in [2.45, 2.75) is 12.8 Å². The lowest BCUT2D eigenvalue weighted by molar-refractivity contribution is -0.119. The predicted octanol–water partition coefficient (Wildman–Crippen LogP) is 3.07. The van der Waals surface area contributed by atoms with Crippen LogP contribution in [-0.2, 0) is 4.79 Å². The zero-order chi connectivity index (χ0) is 12.4. The van der Waals surface area contributed by atoms with Gasteiger partial charge in [-0.15, -0.1) is 0 Å². The number of hydrogen-bond acceptors (Lipinski definition) is 1. The lowest BCUT2D eigenvalue weighted by atomic mass is 9.96. The van der Waals surface area contributed by atoms with Crippen molar-refractivity contribution < 1.29 is 4.79 Å². The van der Waals surface area contributed by atoms with Crippen molar-refractivity contribution in [3.63, 3.8) is 0 Å². The third-order valence-electron chi connectivity index (χ3n) is 3.05. The van der Waals surface area contributed by atoms with E-state index in [1.54, 1.807) is 0 Å². The van der Waals surface area contributed by atoms with Crippen LogP contribution in [0.15, 0.2) is 43.0 Å². The maximum absolute atomic E-state index is 11.1. The number of carbonyl (C=O) groups is 1. The Morgan fingerprint density at radius 2 is 1.88 bits per heavy atom. The van der Waals surface area contributed by atoms with Gasteiger partial charge in [0.25, 0.3) is 0 Å². The van der Waals surface area contributed by atoms with Gasteiger partial charge < -0.3 is 5.73 Å². The largest absolute Gasteiger partial charge is 0.369 e. The van der Waals surface area contributed by atoms with Crippen LogP contribution in [0.2, 0.25) is 0 Å². The molecule has 0 aliphatic carbocycles. The monoisotopic (exact) mass is 225 g/mol. The maximum Gasteiger partial charge on any atom is 0.224 e. The van der Waals surface area contributed by atoms with Crippen molar-refractivity contribution in [1.82, 2.24) is 0 Å². The van der Waals surface area contributed by atoms with Gasteiger partial charge in [0.2, 0.25) is 5.91 Å². The Labute approximate surface area is 101 Å². The van der Waals surface area contributed by atoms with E-state index in [1.165, 1.54) is 0 Å². The summed E-state index contributed by atoms with van der Waals surface area (Å²) in [7, 11) is 0. The number of nitrogens with two attached hydrogens (primary N) is 1. The molecule has 0 saturated carbocycles. The van der Waals surface area contributed by atoms with E-state index in [0.717, 1.165) is 21.9 Å². The van der Waals surface area contributed by atoms with Crippen molar-refractivity contribution in [2.24, 2.45) is 5.73 Å². The summed E-state index contributed by atoms with van der Waals surface area (Å²) in [5.41, 5.74) is 7.35. The van der Waals surface area contributed by atoms with Crippen molar-refractivity contribution in [3.8, 4) is 0 Å². The predicted molar refractivity (Wildman–Crippen MR) is 71.6 cm³/mol. The van der Waals surface area contributed by atoms with Crippen LogP contribution < -0.4 is 5.73 Å². The summed E-state index contributed by atoms with van der Waals surface area (Å²) in [5.74, 6) is -0.550. The number of benzene rings is 2. The van der Waals surface area contributed by atoms with E-state index >= 15 is 0 Å². The minimum Gasteiger partial charge on any atom is -0.369 e. The molecule has 2 heteroatoms. The molecule has 1 atom stereocenters.